The van der Waals surface area contributed by atoms with E-state index in [0.717, 1.165) is 12.0 Å². The first-order valence-electron chi connectivity index (χ1n) is 7.46. The van der Waals surface area contributed by atoms with E-state index < -0.39 is 16.0 Å². The zero-order chi connectivity index (χ0) is 18.4. The molecule has 8 heteroatoms. The molecule has 0 unspecified atom stereocenters. The van der Waals surface area contributed by atoms with E-state index in [1.165, 1.54) is 25.3 Å². The molecule has 0 spiro atoms. The Morgan fingerprint density at radius 3 is 2.40 bits per heavy atom. The molecular weight excluding hydrogens is 366 g/mol. The summed E-state index contributed by atoms with van der Waals surface area (Å²) in [5.74, 6) is -0.372. The van der Waals surface area contributed by atoms with Crippen LogP contribution in [0.25, 0.3) is 0 Å². The molecule has 0 aliphatic heterocycles. The summed E-state index contributed by atoms with van der Waals surface area (Å²) in [5, 5.41) is 0.0770. The number of hydrogen-bond acceptors (Lipinski definition) is 5. The maximum absolute atomic E-state index is 12.4. The minimum atomic E-state index is -3.79. The second-order valence-electron chi connectivity index (χ2n) is 5.11. The third-order valence-electron chi connectivity index (χ3n) is 3.40. The van der Waals surface area contributed by atoms with E-state index in [1.54, 1.807) is 12.1 Å². The summed E-state index contributed by atoms with van der Waals surface area (Å²) in [6, 6.07) is 11.1. The second kappa shape index (κ2) is 8.22. The summed E-state index contributed by atoms with van der Waals surface area (Å²) >= 11 is 6.04. The molecule has 0 aliphatic rings. The van der Waals surface area contributed by atoms with Crippen molar-refractivity contribution in [2.75, 3.05) is 18.4 Å². The molecule has 2 aromatic rings. The molecule has 0 aliphatic carbocycles. The molecule has 0 saturated heterocycles. The summed E-state index contributed by atoms with van der Waals surface area (Å²) < 4.78 is 37.0. The molecule has 0 radical (unpaired) electrons. The highest BCUT2D eigenvalue weighted by atomic mass is 35.5. The Morgan fingerprint density at radius 1 is 1.16 bits per heavy atom. The number of benzene rings is 2. The molecule has 6 nitrogen and oxygen atoms in total. The van der Waals surface area contributed by atoms with E-state index in [2.05, 4.69) is 9.46 Å². The van der Waals surface area contributed by atoms with Gasteiger partial charge in [0, 0.05) is 5.69 Å². The first-order chi connectivity index (χ1) is 11.9. The van der Waals surface area contributed by atoms with Gasteiger partial charge in [0.2, 0.25) is 0 Å². The van der Waals surface area contributed by atoms with Crippen LogP contribution in [0.2, 0.25) is 5.02 Å². The van der Waals surface area contributed by atoms with Gasteiger partial charge in [0.05, 0.1) is 17.0 Å². The molecule has 0 saturated carbocycles. The predicted molar refractivity (Wildman–Crippen MR) is 95.6 cm³/mol. The molecule has 0 aromatic heterocycles. The number of nitrogens with one attached hydrogen (secondary N) is 1. The van der Waals surface area contributed by atoms with Gasteiger partial charge in [-0.2, -0.15) is 0 Å². The molecular formula is C17H18ClNO5S. The number of anilines is 1. The number of methoxy groups -OCH3 is 1. The highest BCUT2D eigenvalue weighted by Gasteiger charge is 2.17. The fraction of sp³-hybridized carbons (Fsp3) is 0.235. The maximum Gasteiger partial charge on any atom is 0.343 e. The van der Waals surface area contributed by atoms with Gasteiger partial charge < -0.3 is 9.47 Å². The Kier molecular flexibility index (Phi) is 6.27. The average Bonchev–Trinajstić information content (AvgIpc) is 2.60. The summed E-state index contributed by atoms with van der Waals surface area (Å²) in [4.78, 5) is 11.1. The van der Waals surface area contributed by atoms with Crippen LogP contribution in [0.4, 0.5) is 5.69 Å². The second-order valence-corrected chi connectivity index (χ2v) is 7.20. The summed E-state index contributed by atoms with van der Waals surface area (Å²) in [6.45, 7) is 1.70. The van der Waals surface area contributed by atoms with Gasteiger partial charge in [0.15, 0.2) is 6.61 Å². The van der Waals surface area contributed by atoms with Crippen molar-refractivity contribution in [1.82, 2.24) is 0 Å². The van der Waals surface area contributed by atoms with Crippen LogP contribution in [0.5, 0.6) is 5.75 Å². The minimum Gasteiger partial charge on any atom is -0.480 e. The van der Waals surface area contributed by atoms with Crippen LogP contribution in [0.1, 0.15) is 12.5 Å². The lowest BCUT2D eigenvalue weighted by Gasteiger charge is -2.11. The summed E-state index contributed by atoms with van der Waals surface area (Å²) in [6.07, 6.45) is 0.871. The number of aryl methyl sites for hydroxylation is 1. The van der Waals surface area contributed by atoms with Crippen LogP contribution in [-0.4, -0.2) is 28.1 Å². The molecule has 0 bridgehead atoms. The number of ether oxygens (including phenoxy) is 2. The van der Waals surface area contributed by atoms with Crippen molar-refractivity contribution in [3.8, 4) is 5.75 Å². The number of carbonyl (C=O) groups excluding carboxylic acids is 1. The van der Waals surface area contributed by atoms with Crippen molar-refractivity contribution in [2.45, 2.75) is 18.2 Å². The highest BCUT2D eigenvalue weighted by molar-refractivity contribution is 7.92. The number of halogens is 1. The van der Waals surface area contributed by atoms with Crippen molar-refractivity contribution in [3.63, 3.8) is 0 Å². The van der Waals surface area contributed by atoms with E-state index in [9.17, 15) is 13.2 Å². The van der Waals surface area contributed by atoms with Crippen LogP contribution in [0, 0.1) is 0 Å². The molecule has 25 heavy (non-hydrogen) atoms. The zero-order valence-corrected chi connectivity index (χ0v) is 15.4. The van der Waals surface area contributed by atoms with Gasteiger partial charge in [-0.05, 0) is 42.3 Å². The summed E-state index contributed by atoms with van der Waals surface area (Å²) in [5.41, 5.74) is 1.57. The third-order valence-corrected chi connectivity index (χ3v) is 5.08. The number of carbonyl (C=O) groups is 1. The molecule has 134 valence electrons. The molecule has 1 N–H and O–H groups in total. The Bertz CT molecular complexity index is 850. The van der Waals surface area contributed by atoms with Crippen molar-refractivity contribution >= 4 is 33.3 Å². The van der Waals surface area contributed by atoms with E-state index in [0.29, 0.717) is 5.69 Å². The van der Waals surface area contributed by atoms with Crippen LogP contribution < -0.4 is 9.46 Å². The lowest BCUT2D eigenvalue weighted by Crippen LogP contribution is -2.14. The largest absolute Gasteiger partial charge is 0.480 e. The first kappa shape index (κ1) is 19.1. The van der Waals surface area contributed by atoms with Gasteiger partial charge in [0.1, 0.15) is 5.75 Å². The Morgan fingerprint density at radius 2 is 1.84 bits per heavy atom. The van der Waals surface area contributed by atoms with E-state index in [-0.39, 0.29) is 22.3 Å². The number of sulfonamides is 1. The molecule has 0 atom stereocenters. The lowest BCUT2D eigenvalue weighted by molar-refractivity contribution is -0.142. The van der Waals surface area contributed by atoms with Gasteiger partial charge in [-0.3, -0.25) is 4.72 Å². The topological polar surface area (TPSA) is 81.7 Å². The average molecular weight is 384 g/mol. The number of esters is 1. The maximum atomic E-state index is 12.4. The minimum absolute atomic E-state index is 0.0116. The Labute approximate surface area is 151 Å². The van der Waals surface area contributed by atoms with Gasteiger partial charge in [-0.25, -0.2) is 13.2 Å². The van der Waals surface area contributed by atoms with Gasteiger partial charge in [-0.1, -0.05) is 30.7 Å². The van der Waals surface area contributed by atoms with E-state index >= 15 is 0 Å². The third kappa shape index (κ3) is 5.11. The Balaban J connectivity index is 2.15. The van der Waals surface area contributed by atoms with E-state index in [1.807, 2.05) is 19.1 Å². The predicted octanol–water partition coefficient (Wildman–Crippen LogP) is 3.26. The van der Waals surface area contributed by atoms with Crippen molar-refractivity contribution in [3.05, 3.63) is 53.1 Å². The van der Waals surface area contributed by atoms with Gasteiger partial charge in [-0.15, -0.1) is 0 Å². The lowest BCUT2D eigenvalue weighted by atomic mass is 10.2. The highest BCUT2D eigenvalue weighted by Crippen LogP contribution is 2.28. The van der Waals surface area contributed by atoms with E-state index in [4.69, 9.17) is 16.3 Å². The Hall–Kier alpha value is -2.25. The number of rotatable bonds is 7. The van der Waals surface area contributed by atoms with Crippen LogP contribution in [-0.2, 0) is 26.0 Å². The SMILES string of the molecule is CCc1ccc(NS(=O)(=O)c2ccc(OCC(=O)OC)c(Cl)c2)cc1. The van der Waals surface area contributed by atoms with Crippen molar-refractivity contribution < 1.29 is 22.7 Å². The van der Waals surface area contributed by atoms with Gasteiger partial charge in [0.25, 0.3) is 10.0 Å². The number of hydrogen-bond donors (Lipinski definition) is 1. The van der Waals surface area contributed by atoms with Crippen LogP contribution in [0.15, 0.2) is 47.4 Å². The zero-order valence-electron chi connectivity index (χ0n) is 13.8. The van der Waals surface area contributed by atoms with Crippen LogP contribution >= 0.6 is 11.6 Å². The fourth-order valence-electron chi connectivity index (χ4n) is 1.98. The monoisotopic (exact) mass is 383 g/mol. The standard InChI is InChI=1S/C17H18ClNO5S/c1-3-12-4-6-13(7-5-12)19-25(21,22)14-8-9-16(15(18)10-14)24-11-17(20)23-2/h4-10,19H,3,11H2,1-2H3. The normalized spacial score (nSPS) is 11.0. The van der Waals surface area contributed by atoms with Crippen LogP contribution in [0.3, 0.4) is 0 Å². The van der Waals surface area contributed by atoms with Crippen molar-refractivity contribution in [1.29, 1.82) is 0 Å². The smallest absolute Gasteiger partial charge is 0.343 e. The summed E-state index contributed by atoms with van der Waals surface area (Å²) in [7, 11) is -2.55. The van der Waals surface area contributed by atoms with Crippen molar-refractivity contribution in [2.24, 2.45) is 0 Å². The quantitative estimate of drug-likeness (QED) is 0.742. The first-order valence-corrected chi connectivity index (χ1v) is 9.32. The molecule has 2 rings (SSSR count). The van der Waals surface area contributed by atoms with Gasteiger partial charge >= 0.3 is 5.97 Å². The molecule has 0 heterocycles. The molecule has 0 amide bonds. The fourth-order valence-corrected chi connectivity index (χ4v) is 3.37. The molecule has 0 fully saturated rings. The molecule has 2 aromatic carbocycles.